The van der Waals surface area contributed by atoms with Gasteiger partial charge in [0.25, 0.3) is 0 Å². The Morgan fingerprint density at radius 2 is 2.05 bits per heavy atom. The molecule has 1 N–H and O–H groups in total. The van der Waals surface area contributed by atoms with E-state index in [1.54, 1.807) is 4.68 Å². The van der Waals surface area contributed by atoms with Gasteiger partial charge < -0.3 is 9.84 Å². The normalized spacial score (nSPS) is 16.8. The second-order valence-electron chi connectivity index (χ2n) is 5.47. The third-order valence-corrected chi connectivity index (χ3v) is 3.37. The fourth-order valence-electron chi connectivity index (χ4n) is 2.33. The number of carbonyl (C=O) groups is 1. The summed E-state index contributed by atoms with van der Waals surface area (Å²) in [4.78, 5) is 13.5. The molecule has 7 nitrogen and oxygen atoms in total. The number of ether oxygens (including phenoxy) is 1. The number of aromatic nitrogens is 3. The Bertz CT molecular complexity index is 452. The van der Waals surface area contributed by atoms with Crippen LogP contribution >= 0.6 is 0 Å². The predicted octanol–water partition coefficient (Wildman–Crippen LogP) is 0.507. The average Bonchev–Trinajstić information content (AvgIpc) is 2.80. The fraction of sp³-hybridized carbons (Fsp3) is 0.769. The minimum Gasteiger partial charge on any atom is -0.476 e. The Morgan fingerprint density at radius 3 is 2.65 bits per heavy atom. The van der Waals surface area contributed by atoms with Gasteiger partial charge in [-0.05, 0) is 12.3 Å². The largest absolute Gasteiger partial charge is 0.476 e. The number of hydrogen-bond donors (Lipinski definition) is 1. The first-order valence-corrected chi connectivity index (χ1v) is 7.03. The molecule has 1 aromatic rings. The smallest absolute Gasteiger partial charge is 0.358 e. The molecule has 0 spiro atoms. The molecule has 1 fully saturated rings. The molecule has 1 saturated heterocycles. The van der Waals surface area contributed by atoms with Crippen molar-refractivity contribution < 1.29 is 14.6 Å². The lowest BCUT2D eigenvalue weighted by Gasteiger charge is -2.26. The molecule has 0 aliphatic carbocycles. The number of carboxylic acids is 1. The molecule has 20 heavy (non-hydrogen) atoms. The molecule has 1 aliphatic heterocycles. The molecular weight excluding hydrogens is 260 g/mol. The zero-order valence-electron chi connectivity index (χ0n) is 12.1. The van der Waals surface area contributed by atoms with Crippen molar-refractivity contribution in [2.75, 3.05) is 32.8 Å². The molecule has 0 bridgehead atoms. The zero-order valence-corrected chi connectivity index (χ0v) is 12.1. The van der Waals surface area contributed by atoms with Gasteiger partial charge in [0.05, 0.1) is 25.5 Å². The Hall–Kier alpha value is -1.47. The number of rotatable bonds is 6. The molecule has 112 valence electrons. The monoisotopic (exact) mass is 282 g/mol. The van der Waals surface area contributed by atoms with Crippen LogP contribution in [0.4, 0.5) is 0 Å². The summed E-state index contributed by atoms with van der Waals surface area (Å²) in [7, 11) is 0. The van der Waals surface area contributed by atoms with E-state index in [0.717, 1.165) is 38.5 Å². The zero-order chi connectivity index (χ0) is 14.5. The van der Waals surface area contributed by atoms with Gasteiger partial charge >= 0.3 is 5.97 Å². The molecule has 0 radical (unpaired) electrons. The molecule has 0 amide bonds. The summed E-state index contributed by atoms with van der Waals surface area (Å²) < 4.78 is 7.04. The molecule has 0 atom stereocenters. The standard InChI is InChI=1S/C13H22N4O3/c1-10(2)9-11-12(13(18)19)14-15-17(11)4-3-16-5-7-20-8-6-16/h10H,3-9H2,1-2H3,(H,18,19). The van der Waals surface area contributed by atoms with Crippen molar-refractivity contribution >= 4 is 5.97 Å². The van der Waals surface area contributed by atoms with Crippen molar-refractivity contribution in [3.8, 4) is 0 Å². The maximum atomic E-state index is 11.2. The van der Waals surface area contributed by atoms with Crippen LogP contribution < -0.4 is 0 Å². The number of hydrogen-bond acceptors (Lipinski definition) is 5. The summed E-state index contributed by atoms with van der Waals surface area (Å²) in [5.41, 5.74) is 0.807. The Morgan fingerprint density at radius 1 is 1.35 bits per heavy atom. The number of carboxylic acid groups (broad SMARTS) is 1. The van der Waals surface area contributed by atoms with Crippen LogP contribution in [0.2, 0.25) is 0 Å². The highest BCUT2D eigenvalue weighted by molar-refractivity contribution is 5.86. The molecule has 0 unspecified atom stereocenters. The van der Waals surface area contributed by atoms with Crippen molar-refractivity contribution in [3.05, 3.63) is 11.4 Å². The van der Waals surface area contributed by atoms with Gasteiger partial charge in [0.1, 0.15) is 0 Å². The van der Waals surface area contributed by atoms with Gasteiger partial charge in [-0.15, -0.1) is 5.10 Å². The molecule has 2 rings (SSSR count). The maximum Gasteiger partial charge on any atom is 0.358 e. The first kappa shape index (κ1) is 14.9. The molecule has 0 aromatic carbocycles. The van der Waals surface area contributed by atoms with Crippen molar-refractivity contribution in [1.82, 2.24) is 19.9 Å². The number of nitrogens with zero attached hydrogens (tertiary/aromatic N) is 4. The van der Waals surface area contributed by atoms with E-state index in [-0.39, 0.29) is 5.69 Å². The summed E-state index contributed by atoms with van der Waals surface area (Å²) in [5.74, 6) is -0.632. The van der Waals surface area contributed by atoms with E-state index >= 15 is 0 Å². The third-order valence-electron chi connectivity index (χ3n) is 3.37. The van der Waals surface area contributed by atoms with Crippen molar-refractivity contribution in [3.63, 3.8) is 0 Å². The lowest BCUT2D eigenvalue weighted by atomic mass is 10.1. The molecule has 7 heteroatoms. The highest BCUT2D eigenvalue weighted by Crippen LogP contribution is 2.12. The Balaban J connectivity index is 2.04. The van der Waals surface area contributed by atoms with Gasteiger partial charge in [0.15, 0.2) is 5.69 Å². The van der Waals surface area contributed by atoms with Crippen molar-refractivity contribution in [1.29, 1.82) is 0 Å². The van der Waals surface area contributed by atoms with E-state index in [1.807, 2.05) is 0 Å². The highest BCUT2D eigenvalue weighted by atomic mass is 16.5. The summed E-state index contributed by atoms with van der Waals surface area (Å²) >= 11 is 0. The third kappa shape index (κ3) is 3.77. The summed E-state index contributed by atoms with van der Waals surface area (Å²) in [6.07, 6.45) is 0.678. The van der Waals surface area contributed by atoms with Gasteiger partial charge in [-0.25, -0.2) is 9.48 Å². The minimum absolute atomic E-state index is 0.0840. The SMILES string of the molecule is CC(C)Cc1c(C(=O)O)nnn1CCN1CCOCC1. The van der Waals surface area contributed by atoms with E-state index in [0.29, 0.717) is 18.9 Å². The molecule has 1 aliphatic rings. The summed E-state index contributed by atoms with van der Waals surface area (Å²) in [6.45, 7) is 8.99. The van der Waals surface area contributed by atoms with Crippen LogP contribution in [0, 0.1) is 5.92 Å². The van der Waals surface area contributed by atoms with Crippen molar-refractivity contribution in [2.24, 2.45) is 5.92 Å². The molecular formula is C13H22N4O3. The van der Waals surface area contributed by atoms with E-state index in [1.165, 1.54) is 0 Å². The van der Waals surface area contributed by atoms with Crippen LogP contribution in [0.25, 0.3) is 0 Å². The number of aromatic carboxylic acids is 1. The Kier molecular flexibility index (Phi) is 5.08. The van der Waals surface area contributed by atoms with Gasteiger partial charge in [-0.3, -0.25) is 4.90 Å². The first-order valence-electron chi connectivity index (χ1n) is 7.03. The van der Waals surface area contributed by atoms with E-state index < -0.39 is 5.97 Å². The second kappa shape index (κ2) is 6.81. The Labute approximate surface area is 118 Å². The predicted molar refractivity (Wildman–Crippen MR) is 72.8 cm³/mol. The summed E-state index contributed by atoms with van der Waals surface area (Å²) in [5, 5.41) is 17.0. The highest BCUT2D eigenvalue weighted by Gasteiger charge is 2.20. The summed E-state index contributed by atoms with van der Waals surface area (Å²) in [6, 6.07) is 0. The maximum absolute atomic E-state index is 11.2. The first-order chi connectivity index (χ1) is 9.58. The average molecular weight is 282 g/mol. The van der Waals surface area contributed by atoms with Crippen LogP contribution in [-0.2, 0) is 17.7 Å². The minimum atomic E-state index is -1.00. The molecule has 0 saturated carbocycles. The second-order valence-corrected chi connectivity index (χ2v) is 5.47. The molecule has 1 aromatic heterocycles. The number of morpholine rings is 1. The van der Waals surface area contributed by atoms with Crippen LogP contribution in [0.5, 0.6) is 0 Å². The molecule has 2 heterocycles. The van der Waals surface area contributed by atoms with Crippen LogP contribution in [0.3, 0.4) is 0 Å². The van der Waals surface area contributed by atoms with Crippen LogP contribution in [0.15, 0.2) is 0 Å². The van der Waals surface area contributed by atoms with E-state index in [4.69, 9.17) is 9.84 Å². The van der Waals surface area contributed by atoms with Crippen LogP contribution in [0.1, 0.15) is 30.0 Å². The van der Waals surface area contributed by atoms with Gasteiger partial charge in [-0.1, -0.05) is 19.1 Å². The topological polar surface area (TPSA) is 80.5 Å². The van der Waals surface area contributed by atoms with Gasteiger partial charge in [0.2, 0.25) is 0 Å². The lowest BCUT2D eigenvalue weighted by molar-refractivity contribution is 0.0358. The van der Waals surface area contributed by atoms with E-state index in [9.17, 15) is 4.79 Å². The quantitative estimate of drug-likeness (QED) is 0.818. The van der Waals surface area contributed by atoms with Crippen LogP contribution in [-0.4, -0.2) is 63.8 Å². The lowest BCUT2D eigenvalue weighted by Crippen LogP contribution is -2.38. The van der Waals surface area contributed by atoms with E-state index in [2.05, 4.69) is 29.1 Å². The van der Waals surface area contributed by atoms with Crippen molar-refractivity contribution in [2.45, 2.75) is 26.8 Å². The van der Waals surface area contributed by atoms with Gasteiger partial charge in [-0.2, -0.15) is 0 Å². The fourth-order valence-corrected chi connectivity index (χ4v) is 2.33. The van der Waals surface area contributed by atoms with Gasteiger partial charge in [0, 0.05) is 19.6 Å².